The Bertz CT molecular complexity index is 354. The van der Waals surface area contributed by atoms with Crippen LogP contribution in [0.1, 0.15) is 11.6 Å². The van der Waals surface area contributed by atoms with Crippen molar-refractivity contribution in [2.45, 2.75) is 6.04 Å². The van der Waals surface area contributed by atoms with E-state index in [4.69, 9.17) is 11.5 Å². The summed E-state index contributed by atoms with van der Waals surface area (Å²) in [6.45, 7) is 0.219. The Labute approximate surface area is 80.3 Å². The number of aromatic hydroxyl groups is 1. The highest BCUT2D eigenvalue weighted by atomic mass is 16.6. The molecule has 0 heterocycles. The minimum atomic E-state index is -0.660. The number of hydrogen-bond acceptors (Lipinski definition) is 5. The summed E-state index contributed by atoms with van der Waals surface area (Å²) in [4.78, 5) is 9.70. The van der Waals surface area contributed by atoms with Crippen molar-refractivity contribution in [3.8, 4) is 5.75 Å². The van der Waals surface area contributed by atoms with Crippen molar-refractivity contribution in [3.05, 3.63) is 33.9 Å². The predicted octanol–water partition coefficient (Wildman–Crippen LogP) is 0.259. The Balaban J connectivity index is 3.06. The van der Waals surface area contributed by atoms with Gasteiger partial charge in [-0.15, -0.1) is 0 Å². The maximum Gasteiger partial charge on any atom is 0.310 e. The Morgan fingerprint density at radius 2 is 2.21 bits per heavy atom. The molecule has 0 radical (unpaired) electrons. The van der Waals surface area contributed by atoms with E-state index in [9.17, 15) is 15.2 Å². The Kier molecular flexibility index (Phi) is 3.00. The van der Waals surface area contributed by atoms with Crippen molar-refractivity contribution in [3.63, 3.8) is 0 Å². The number of hydrogen-bond donors (Lipinski definition) is 3. The molecule has 1 aromatic rings. The maximum absolute atomic E-state index is 10.4. The minimum Gasteiger partial charge on any atom is -0.502 e. The van der Waals surface area contributed by atoms with Crippen LogP contribution < -0.4 is 11.5 Å². The van der Waals surface area contributed by atoms with Crippen LogP contribution >= 0.6 is 0 Å². The zero-order valence-corrected chi connectivity index (χ0v) is 7.38. The lowest BCUT2D eigenvalue weighted by Gasteiger charge is -2.08. The van der Waals surface area contributed by atoms with Gasteiger partial charge in [-0.2, -0.15) is 0 Å². The molecule has 0 saturated heterocycles. The standard InChI is InChI=1S/C8H11N3O3/c9-4-6(10)5-1-2-7(11(13)14)8(12)3-5/h1-3,6,12H,4,9-10H2/t6-/m1/s1. The molecule has 0 fully saturated rings. The van der Waals surface area contributed by atoms with Gasteiger partial charge in [0, 0.05) is 18.7 Å². The number of rotatable bonds is 3. The molecule has 14 heavy (non-hydrogen) atoms. The molecule has 0 spiro atoms. The molecule has 0 aliphatic carbocycles. The van der Waals surface area contributed by atoms with E-state index in [0.29, 0.717) is 5.56 Å². The number of nitro groups is 1. The van der Waals surface area contributed by atoms with Crippen molar-refractivity contribution in [1.82, 2.24) is 0 Å². The molecular formula is C8H11N3O3. The number of phenols is 1. The smallest absolute Gasteiger partial charge is 0.310 e. The van der Waals surface area contributed by atoms with Crippen LogP contribution in [0.3, 0.4) is 0 Å². The summed E-state index contributed by atoms with van der Waals surface area (Å²) in [5.41, 5.74) is 11.1. The molecule has 0 aromatic heterocycles. The number of nitrogens with zero attached hydrogens (tertiary/aromatic N) is 1. The van der Waals surface area contributed by atoms with Crippen LogP contribution in [0.2, 0.25) is 0 Å². The third kappa shape index (κ3) is 1.98. The van der Waals surface area contributed by atoms with Gasteiger partial charge in [0.2, 0.25) is 0 Å². The topological polar surface area (TPSA) is 115 Å². The third-order valence-corrected chi connectivity index (χ3v) is 1.88. The second-order valence-electron chi connectivity index (χ2n) is 2.85. The first-order valence-corrected chi connectivity index (χ1v) is 3.99. The summed E-state index contributed by atoms with van der Waals surface area (Å²) < 4.78 is 0. The number of nitrogens with two attached hydrogens (primary N) is 2. The van der Waals surface area contributed by atoms with E-state index in [1.807, 2.05) is 0 Å². The minimum absolute atomic E-state index is 0.219. The predicted molar refractivity (Wildman–Crippen MR) is 50.7 cm³/mol. The van der Waals surface area contributed by atoms with Crippen molar-refractivity contribution in [2.75, 3.05) is 6.54 Å². The first-order valence-electron chi connectivity index (χ1n) is 3.99. The van der Waals surface area contributed by atoms with E-state index in [-0.39, 0.29) is 12.2 Å². The number of phenolic OH excluding ortho intramolecular Hbond substituents is 1. The van der Waals surface area contributed by atoms with E-state index in [1.54, 1.807) is 0 Å². The van der Waals surface area contributed by atoms with E-state index in [1.165, 1.54) is 18.2 Å². The molecule has 0 saturated carbocycles. The number of benzene rings is 1. The molecule has 0 bridgehead atoms. The maximum atomic E-state index is 10.4. The van der Waals surface area contributed by atoms with Gasteiger partial charge >= 0.3 is 5.69 Å². The average molecular weight is 197 g/mol. The van der Waals surface area contributed by atoms with Gasteiger partial charge in [0.15, 0.2) is 5.75 Å². The molecule has 0 amide bonds. The molecule has 76 valence electrons. The van der Waals surface area contributed by atoms with Crippen molar-refractivity contribution < 1.29 is 10.0 Å². The molecule has 6 nitrogen and oxygen atoms in total. The van der Waals surface area contributed by atoms with Gasteiger partial charge in [-0.3, -0.25) is 10.1 Å². The van der Waals surface area contributed by atoms with Gasteiger partial charge in [0.1, 0.15) is 0 Å². The van der Waals surface area contributed by atoms with Crippen LogP contribution in [0.25, 0.3) is 0 Å². The van der Waals surface area contributed by atoms with E-state index in [0.717, 1.165) is 0 Å². The van der Waals surface area contributed by atoms with Gasteiger partial charge in [-0.1, -0.05) is 6.07 Å². The Hall–Kier alpha value is -1.66. The summed E-state index contributed by atoms with van der Waals surface area (Å²) in [5.74, 6) is -0.392. The van der Waals surface area contributed by atoms with E-state index < -0.39 is 16.7 Å². The summed E-state index contributed by atoms with van der Waals surface area (Å²) in [6, 6.07) is 3.53. The fourth-order valence-corrected chi connectivity index (χ4v) is 1.06. The van der Waals surface area contributed by atoms with Crippen molar-refractivity contribution >= 4 is 5.69 Å². The van der Waals surface area contributed by atoms with Crippen molar-refractivity contribution in [2.24, 2.45) is 11.5 Å². The van der Waals surface area contributed by atoms with Gasteiger partial charge in [0.05, 0.1) is 4.92 Å². The van der Waals surface area contributed by atoms with E-state index >= 15 is 0 Å². The van der Waals surface area contributed by atoms with Crippen LogP contribution in [0.5, 0.6) is 5.75 Å². The van der Waals surface area contributed by atoms with Crippen LogP contribution in [0.15, 0.2) is 18.2 Å². The van der Waals surface area contributed by atoms with Crippen LogP contribution in [0.4, 0.5) is 5.69 Å². The highest BCUT2D eigenvalue weighted by molar-refractivity contribution is 5.47. The highest BCUT2D eigenvalue weighted by Crippen LogP contribution is 2.27. The molecule has 0 aliphatic heterocycles. The normalized spacial score (nSPS) is 12.4. The largest absolute Gasteiger partial charge is 0.502 e. The fourth-order valence-electron chi connectivity index (χ4n) is 1.06. The molecule has 1 atom stereocenters. The molecule has 1 aromatic carbocycles. The number of nitro benzene ring substituents is 1. The summed E-state index contributed by atoms with van der Waals surface area (Å²) >= 11 is 0. The monoisotopic (exact) mass is 197 g/mol. The molecule has 0 aliphatic rings. The van der Waals surface area contributed by atoms with Crippen LogP contribution in [-0.2, 0) is 0 Å². The SMILES string of the molecule is NC[C@@H](N)c1ccc([N+](=O)[O-])c(O)c1. The summed E-state index contributed by atoms with van der Waals surface area (Å²) in [7, 11) is 0. The average Bonchev–Trinajstić information content (AvgIpc) is 2.15. The second kappa shape index (κ2) is 4.03. The third-order valence-electron chi connectivity index (χ3n) is 1.88. The first kappa shape index (κ1) is 10.4. The van der Waals surface area contributed by atoms with Gasteiger partial charge in [-0.25, -0.2) is 0 Å². The zero-order chi connectivity index (χ0) is 10.7. The summed E-state index contributed by atoms with van der Waals surface area (Å²) in [5, 5.41) is 19.6. The van der Waals surface area contributed by atoms with Gasteiger partial charge < -0.3 is 16.6 Å². The Morgan fingerprint density at radius 1 is 1.57 bits per heavy atom. The van der Waals surface area contributed by atoms with Crippen molar-refractivity contribution in [1.29, 1.82) is 0 Å². The lowest BCUT2D eigenvalue weighted by Crippen LogP contribution is -2.20. The molecule has 6 heteroatoms. The first-order chi connectivity index (χ1) is 6.56. The van der Waals surface area contributed by atoms with Gasteiger partial charge in [0.25, 0.3) is 0 Å². The molecule has 1 rings (SSSR count). The quantitative estimate of drug-likeness (QED) is 0.474. The van der Waals surface area contributed by atoms with Gasteiger partial charge in [-0.05, 0) is 11.6 Å². The highest BCUT2D eigenvalue weighted by Gasteiger charge is 2.14. The molecule has 5 N–H and O–H groups in total. The van der Waals surface area contributed by atoms with E-state index in [2.05, 4.69) is 0 Å². The lowest BCUT2D eigenvalue weighted by atomic mass is 10.1. The molecule has 0 unspecified atom stereocenters. The Morgan fingerprint density at radius 3 is 2.64 bits per heavy atom. The summed E-state index contributed by atoms with van der Waals surface area (Å²) in [6.07, 6.45) is 0. The zero-order valence-electron chi connectivity index (χ0n) is 7.38. The second-order valence-corrected chi connectivity index (χ2v) is 2.85. The van der Waals surface area contributed by atoms with Crippen LogP contribution in [0, 0.1) is 10.1 Å². The van der Waals surface area contributed by atoms with Crippen LogP contribution in [-0.4, -0.2) is 16.6 Å². The molecular weight excluding hydrogens is 186 g/mol. The fraction of sp³-hybridized carbons (Fsp3) is 0.250. The lowest BCUT2D eigenvalue weighted by molar-refractivity contribution is -0.385.